The normalized spacial score (nSPS) is 11.5. The highest BCUT2D eigenvalue weighted by Gasteiger charge is 2.20. The molecule has 0 radical (unpaired) electrons. The number of rotatable bonds is 6. The second kappa shape index (κ2) is 8.74. The first-order chi connectivity index (χ1) is 11.9. The highest BCUT2D eigenvalue weighted by molar-refractivity contribution is 6.36. The largest absolute Gasteiger partial charge is 0.496 e. The third kappa shape index (κ3) is 5.37. The van der Waals surface area contributed by atoms with E-state index in [9.17, 15) is 9.59 Å². The Balaban J connectivity index is 1.95. The predicted molar refractivity (Wildman–Crippen MR) is 97.3 cm³/mol. The second-order valence-corrected chi connectivity index (χ2v) is 6.08. The number of methoxy groups -OCH3 is 1. The maximum absolute atomic E-state index is 12.2. The summed E-state index contributed by atoms with van der Waals surface area (Å²) in [4.78, 5) is 24.2. The summed E-state index contributed by atoms with van der Waals surface area (Å²) < 4.78 is 10.4. The molecule has 0 aromatic heterocycles. The van der Waals surface area contributed by atoms with Gasteiger partial charge < -0.3 is 14.8 Å². The zero-order valence-corrected chi connectivity index (χ0v) is 15.2. The van der Waals surface area contributed by atoms with Gasteiger partial charge in [-0.2, -0.15) is 0 Å². The summed E-state index contributed by atoms with van der Waals surface area (Å²) in [5.74, 6) is -0.434. The van der Waals surface area contributed by atoms with Crippen LogP contribution in [-0.4, -0.2) is 25.1 Å². The van der Waals surface area contributed by atoms with Gasteiger partial charge in [-0.05, 0) is 31.2 Å². The predicted octanol–water partition coefficient (Wildman–Crippen LogP) is 4.11. The van der Waals surface area contributed by atoms with Crippen LogP contribution in [0.2, 0.25) is 10.0 Å². The van der Waals surface area contributed by atoms with Crippen molar-refractivity contribution in [1.29, 1.82) is 0 Å². The van der Waals surface area contributed by atoms with Crippen molar-refractivity contribution in [3.8, 4) is 5.75 Å². The monoisotopic (exact) mass is 381 g/mol. The number of carbonyl (C=O) groups is 2. The van der Waals surface area contributed by atoms with Crippen LogP contribution in [0, 0.1) is 0 Å². The molecule has 1 N–H and O–H groups in total. The lowest BCUT2D eigenvalue weighted by molar-refractivity contribution is -0.152. The van der Waals surface area contributed by atoms with Crippen LogP contribution in [0.15, 0.2) is 42.5 Å². The van der Waals surface area contributed by atoms with Crippen LogP contribution in [0.3, 0.4) is 0 Å². The third-order valence-electron chi connectivity index (χ3n) is 3.39. The molecule has 0 saturated carbocycles. The van der Waals surface area contributed by atoms with Gasteiger partial charge in [0.2, 0.25) is 0 Å². The van der Waals surface area contributed by atoms with E-state index in [0.717, 1.165) is 0 Å². The number of carbonyl (C=O) groups excluding carboxylic acids is 2. The summed E-state index contributed by atoms with van der Waals surface area (Å²) >= 11 is 11.8. The van der Waals surface area contributed by atoms with Crippen molar-refractivity contribution in [2.75, 3.05) is 12.4 Å². The average Bonchev–Trinajstić information content (AvgIpc) is 2.57. The molecular formula is C18H17Cl2NO4. The van der Waals surface area contributed by atoms with Gasteiger partial charge in [0.15, 0.2) is 6.10 Å². The summed E-state index contributed by atoms with van der Waals surface area (Å²) in [6.45, 7) is 1.49. The number of anilines is 1. The van der Waals surface area contributed by atoms with E-state index in [1.165, 1.54) is 20.1 Å². The number of para-hydroxylation sites is 1. The van der Waals surface area contributed by atoms with Gasteiger partial charge in [-0.3, -0.25) is 9.59 Å². The number of amides is 1. The molecule has 1 amide bonds. The Morgan fingerprint density at radius 1 is 1.16 bits per heavy atom. The molecule has 7 heteroatoms. The SMILES string of the molecule is COc1ccccc1CC(=O)O[C@H](C)C(=O)Nc1ccc(Cl)cc1Cl. The van der Waals surface area contributed by atoms with Crippen molar-refractivity contribution in [3.63, 3.8) is 0 Å². The van der Waals surface area contributed by atoms with Gasteiger partial charge in [0, 0.05) is 10.6 Å². The Morgan fingerprint density at radius 2 is 1.88 bits per heavy atom. The molecule has 0 fully saturated rings. The lowest BCUT2D eigenvalue weighted by atomic mass is 10.1. The minimum absolute atomic E-state index is 0.00331. The smallest absolute Gasteiger partial charge is 0.311 e. The molecular weight excluding hydrogens is 365 g/mol. The number of nitrogens with one attached hydrogen (secondary N) is 1. The Hall–Kier alpha value is -2.24. The summed E-state index contributed by atoms with van der Waals surface area (Å²) in [7, 11) is 1.52. The molecule has 0 unspecified atom stereocenters. The summed E-state index contributed by atoms with van der Waals surface area (Å²) in [5, 5.41) is 3.35. The maximum Gasteiger partial charge on any atom is 0.311 e. The minimum atomic E-state index is -0.978. The maximum atomic E-state index is 12.2. The van der Waals surface area contributed by atoms with Crippen LogP contribution >= 0.6 is 23.2 Å². The van der Waals surface area contributed by atoms with Crippen LogP contribution < -0.4 is 10.1 Å². The first-order valence-corrected chi connectivity index (χ1v) is 8.23. The van der Waals surface area contributed by atoms with Crippen molar-refractivity contribution in [3.05, 3.63) is 58.1 Å². The van der Waals surface area contributed by atoms with E-state index in [-0.39, 0.29) is 6.42 Å². The molecule has 132 valence electrons. The second-order valence-electron chi connectivity index (χ2n) is 5.23. The summed E-state index contributed by atoms with van der Waals surface area (Å²) in [5.41, 5.74) is 1.08. The Morgan fingerprint density at radius 3 is 2.56 bits per heavy atom. The van der Waals surface area contributed by atoms with E-state index < -0.39 is 18.0 Å². The van der Waals surface area contributed by atoms with Crippen molar-refractivity contribution in [2.45, 2.75) is 19.4 Å². The van der Waals surface area contributed by atoms with Crippen molar-refractivity contribution in [1.82, 2.24) is 0 Å². The highest BCUT2D eigenvalue weighted by atomic mass is 35.5. The van der Waals surface area contributed by atoms with E-state index in [0.29, 0.717) is 27.0 Å². The third-order valence-corrected chi connectivity index (χ3v) is 3.94. The number of benzene rings is 2. The number of esters is 1. The molecule has 0 heterocycles. The number of hydrogen-bond donors (Lipinski definition) is 1. The molecule has 0 bridgehead atoms. The van der Waals surface area contributed by atoms with Crippen LogP contribution in [-0.2, 0) is 20.7 Å². The number of ether oxygens (including phenoxy) is 2. The fourth-order valence-electron chi connectivity index (χ4n) is 2.12. The molecule has 5 nitrogen and oxygen atoms in total. The molecule has 2 rings (SSSR count). The zero-order valence-electron chi connectivity index (χ0n) is 13.7. The van der Waals surface area contributed by atoms with E-state index in [2.05, 4.69) is 5.32 Å². The highest BCUT2D eigenvalue weighted by Crippen LogP contribution is 2.25. The van der Waals surface area contributed by atoms with Crippen LogP contribution in [0.4, 0.5) is 5.69 Å². The number of hydrogen-bond acceptors (Lipinski definition) is 4. The molecule has 2 aromatic carbocycles. The minimum Gasteiger partial charge on any atom is -0.496 e. The summed E-state index contributed by atoms with van der Waals surface area (Å²) in [6.07, 6.45) is -0.975. The van der Waals surface area contributed by atoms with E-state index in [1.807, 2.05) is 0 Å². The lowest BCUT2D eigenvalue weighted by Gasteiger charge is -2.15. The quantitative estimate of drug-likeness (QED) is 0.764. The molecule has 25 heavy (non-hydrogen) atoms. The molecule has 0 aliphatic carbocycles. The van der Waals surface area contributed by atoms with Crippen LogP contribution in [0.1, 0.15) is 12.5 Å². The van der Waals surface area contributed by atoms with Crippen molar-refractivity contribution < 1.29 is 19.1 Å². The van der Waals surface area contributed by atoms with E-state index in [4.69, 9.17) is 32.7 Å². The first-order valence-electron chi connectivity index (χ1n) is 7.48. The molecule has 2 aromatic rings. The Kier molecular flexibility index (Phi) is 6.67. The fourth-order valence-corrected chi connectivity index (χ4v) is 2.58. The van der Waals surface area contributed by atoms with Gasteiger partial charge >= 0.3 is 5.97 Å². The standard InChI is InChI=1S/C18H17Cl2NO4/c1-11(18(23)21-15-8-7-13(19)10-14(15)20)25-17(22)9-12-5-3-4-6-16(12)24-2/h3-8,10-11H,9H2,1-2H3,(H,21,23)/t11-/m1/s1. The Bertz CT molecular complexity index is 779. The van der Waals surface area contributed by atoms with Crippen molar-refractivity contribution in [2.24, 2.45) is 0 Å². The fraction of sp³-hybridized carbons (Fsp3) is 0.222. The summed E-state index contributed by atoms with van der Waals surface area (Å²) in [6, 6.07) is 11.8. The zero-order chi connectivity index (χ0) is 18.4. The Labute approximate surface area is 155 Å². The molecule has 0 aliphatic rings. The first kappa shape index (κ1) is 19.1. The molecule has 0 saturated heterocycles. The molecule has 0 spiro atoms. The average molecular weight is 382 g/mol. The van der Waals surface area contributed by atoms with Crippen LogP contribution in [0.5, 0.6) is 5.75 Å². The van der Waals surface area contributed by atoms with Gasteiger partial charge in [-0.1, -0.05) is 41.4 Å². The number of halogens is 2. The molecule has 1 atom stereocenters. The van der Waals surface area contributed by atoms with E-state index >= 15 is 0 Å². The van der Waals surface area contributed by atoms with Crippen molar-refractivity contribution >= 4 is 40.8 Å². The molecule has 0 aliphatic heterocycles. The van der Waals surface area contributed by atoms with Crippen LogP contribution in [0.25, 0.3) is 0 Å². The van der Waals surface area contributed by atoms with Gasteiger partial charge in [-0.25, -0.2) is 0 Å². The lowest BCUT2D eigenvalue weighted by Crippen LogP contribution is -2.30. The topological polar surface area (TPSA) is 64.6 Å². The van der Waals surface area contributed by atoms with Gasteiger partial charge in [-0.15, -0.1) is 0 Å². The van der Waals surface area contributed by atoms with Gasteiger partial charge in [0.05, 0.1) is 24.2 Å². The van der Waals surface area contributed by atoms with Gasteiger partial charge in [0.1, 0.15) is 5.75 Å². The van der Waals surface area contributed by atoms with E-state index in [1.54, 1.807) is 36.4 Å². The van der Waals surface area contributed by atoms with Gasteiger partial charge in [0.25, 0.3) is 5.91 Å².